The van der Waals surface area contributed by atoms with E-state index in [0.717, 1.165) is 0 Å². The van der Waals surface area contributed by atoms with Crippen molar-refractivity contribution >= 4 is 5.97 Å². The number of nitrogens with zero attached hydrogens (tertiary/aromatic N) is 2. The minimum atomic E-state index is -1.09. The van der Waals surface area contributed by atoms with Gasteiger partial charge in [-0.15, -0.1) is 0 Å². The van der Waals surface area contributed by atoms with Gasteiger partial charge in [0.15, 0.2) is 5.69 Å². The maximum atomic E-state index is 13.2. The summed E-state index contributed by atoms with van der Waals surface area (Å²) in [5.41, 5.74) is 0.591. The number of carbonyl (C=O) groups is 1. The topological polar surface area (TPSA) is 64.3 Å². The maximum absolute atomic E-state index is 13.2. The summed E-state index contributed by atoms with van der Waals surface area (Å²) >= 11 is 0. The van der Waals surface area contributed by atoms with Crippen molar-refractivity contribution in [2.24, 2.45) is 0 Å². The van der Waals surface area contributed by atoms with E-state index < -0.39 is 5.97 Å². The summed E-state index contributed by atoms with van der Waals surface area (Å²) in [6.07, 6.45) is 1.42. The van der Waals surface area contributed by atoms with Gasteiger partial charge in [-0.25, -0.2) is 14.2 Å². The number of halogens is 1. The minimum absolute atomic E-state index is 0.0344. The van der Waals surface area contributed by atoms with E-state index in [1.165, 1.54) is 31.5 Å². The molecule has 0 spiro atoms. The van der Waals surface area contributed by atoms with Crippen molar-refractivity contribution < 1.29 is 19.0 Å². The molecule has 0 bridgehead atoms. The summed E-state index contributed by atoms with van der Waals surface area (Å²) in [6.45, 7) is 1.99. The SMILES string of the molecule is COc1ccc(F)cc1Cn1cc(C(=O)O)nc1C. The number of ether oxygens (including phenoxy) is 1. The summed E-state index contributed by atoms with van der Waals surface area (Å²) in [4.78, 5) is 14.7. The van der Waals surface area contributed by atoms with Crippen LogP contribution < -0.4 is 4.74 Å². The molecule has 0 unspecified atom stereocenters. The van der Waals surface area contributed by atoms with Crippen molar-refractivity contribution in [2.75, 3.05) is 7.11 Å². The Morgan fingerprint density at radius 1 is 1.53 bits per heavy atom. The number of carboxylic acid groups (broad SMARTS) is 1. The number of carboxylic acids is 1. The average Bonchev–Trinajstić information content (AvgIpc) is 2.72. The predicted octanol–water partition coefficient (Wildman–Crippen LogP) is 2.09. The Kier molecular flexibility index (Phi) is 3.50. The zero-order chi connectivity index (χ0) is 14.0. The fourth-order valence-electron chi connectivity index (χ4n) is 1.83. The number of aryl methyl sites for hydroxylation is 1. The standard InChI is InChI=1S/C13H13FN2O3/c1-8-15-11(13(17)18)7-16(8)6-9-5-10(14)3-4-12(9)19-2/h3-5,7H,6H2,1-2H3,(H,17,18). The smallest absolute Gasteiger partial charge is 0.356 e. The molecule has 0 aliphatic carbocycles. The molecule has 0 saturated carbocycles. The summed E-state index contributed by atoms with van der Waals surface area (Å²) in [5, 5.41) is 8.87. The molecule has 0 amide bonds. The normalized spacial score (nSPS) is 10.5. The molecule has 0 atom stereocenters. The Morgan fingerprint density at radius 2 is 2.26 bits per heavy atom. The Hall–Kier alpha value is -2.37. The van der Waals surface area contributed by atoms with E-state index >= 15 is 0 Å². The molecule has 1 aromatic carbocycles. The van der Waals surface area contributed by atoms with Gasteiger partial charge in [-0.05, 0) is 25.1 Å². The van der Waals surface area contributed by atoms with Gasteiger partial charge >= 0.3 is 5.97 Å². The van der Waals surface area contributed by atoms with E-state index in [1.54, 1.807) is 11.5 Å². The van der Waals surface area contributed by atoms with Crippen LogP contribution in [0.3, 0.4) is 0 Å². The molecule has 2 rings (SSSR count). The van der Waals surface area contributed by atoms with Crippen molar-refractivity contribution in [3.63, 3.8) is 0 Å². The number of rotatable bonds is 4. The van der Waals surface area contributed by atoms with Crippen molar-refractivity contribution in [2.45, 2.75) is 13.5 Å². The number of imidazole rings is 1. The van der Waals surface area contributed by atoms with Crippen LogP contribution in [0.1, 0.15) is 21.9 Å². The van der Waals surface area contributed by atoms with Crippen LogP contribution >= 0.6 is 0 Å². The lowest BCUT2D eigenvalue weighted by atomic mass is 10.2. The first-order valence-corrected chi connectivity index (χ1v) is 5.60. The first-order valence-electron chi connectivity index (χ1n) is 5.60. The monoisotopic (exact) mass is 264 g/mol. The maximum Gasteiger partial charge on any atom is 0.356 e. The fourth-order valence-corrected chi connectivity index (χ4v) is 1.83. The number of benzene rings is 1. The Balaban J connectivity index is 2.35. The van der Waals surface area contributed by atoms with Crippen LogP contribution in [-0.2, 0) is 6.54 Å². The molecule has 2 aromatic rings. The third-order valence-electron chi connectivity index (χ3n) is 2.78. The van der Waals surface area contributed by atoms with E-state index in [0.29, 0.717) is 23.7 Å². The second-order valence-electron chi connectivity index (χ2n) is 4.06. The van der Waals surface area contributed by atoms with E-state index in [1.807, 2.05) is 0 Å². The van der Waals surface area contributed by atoms with Gasteiger partial charge in [0, 0.05) is 11.8 Å². The van der Waals surface area contributed by atoms with E-state index in [2.05, 4.69) is 4.98 Å². The Bertz CT molecular complexity index is 622. The molecule has 0 fully saturated rings. The number of methoxy groups -OCH3 is 1. The van der Waals surface area contributed by atoms with Crippen molar-refractivity contribution in [1.29, 1.82) is 0 Å². The molecule has 1 heterocycles. The molecular formula is C13H13FN2O3. The molecule has 6 heteroatoms. The van der Waals surface area contributed by atoms with Gasteiger partial charge in [-0.1, -0.05) is 0 Å². The summed E-state index contributed by atoms with van der Waals surface area (Å²) in [5.74, 6) is -0.366. The zero-order valence-corrected chi connectivity index (χ0v) is 10.6. The lowest BCUT2D eigenvalue weighted by molar-refractivity contribution is 0.0691. The molecule has 1 N–H and O–H groups in total. The highest BCUT2D eigenvalue weighted by Crippen LogP contribution is 2.21. The van der Waals surface area contributed by atoms with Gasteiger partial charge < -0.3 is 14.4 Å². The van der Waals surface area contributed by atoms with Crippen LogP contribution in [0.15, 0.2) is 24.4 Å². The summed E-state index contributed by atoms with van der Waals surface area (Å²) in [6, 6.07) is 4.21. The predicted molar refractivity (Wildman–Crippen MR) is 66.0 cm³/mol. The second kappa shape index (κ2) is 5.09. The largest absolute Gasteiger partial charge is 0.496 e. The second-order valence-corrected chi connectivity index (χ2v) is 4.06. The van der Waals surface area contributed by atoms with Crippen LogP contribution in [-0.4, -0.2) is 27.7 Å². The van der Waals surface area contributed by atoms with Gasteiger partial charge in [-0.3, -0.25) is 0 Å². The van der Waals surface area contributed by atoms with Crippen LogP contribution in [0.25, 0.3) is 0 Å². The quantitative estimate of drug-likeness (QED) is 0.918. The zero-order valence-electron chi connectivity index (χ0n) is 10.6. The van der Waals surface area contributed by atoms with Crippen LogP contribution in [0.4, 0.5) is 4.39 Å². The Morgan fingerprint density at radius 3 is 2.84 bits per heavy atom. The fraction of sp³-hybridized carbons (Fsp3) is 0.231. The highest BCUT2D eigenvalue weighted by atomic mass is 19.1. The number of aromatic carboxylic acids is 1. The molecule has 1 aromatic heterocycles. The van der Waals surface area contributed by atoms with Crippen LogP contribution in [0, 0.1) is 12.7 Å². The highest BCUT2D eigenvalue weighted by molar-refractivity contribution is 5.85. The molecule has 19 heavy (non-hydrogen) atoms. The van der Waals surface area contributed by atoms with Crippen LogP contribution in [0.5, 0.6) is 5.75 Å². The third kappa shape index (κ3) is 2.73. The van der Waals surface area contributed by atoms with Crippen molar-refractivity contribution in [3.8, 4) is 5.75 Å². The van der Waals surface area contributed by atoms with E-state index in [4.69, 9.17) is 9.84 Å². The van der Waals surface area contributed by atoms with Gasteiger partial charge in [0.1, 0.15) is 17.4 Å². The minimum Gasteiger partial charge on any atom is -0.496 e. The first kappa shape index (κ1) is 13.1. The Labute approximate surface area is 109 Å². The third-order valence-corrected chi connectivity index (χ3v) is 2.78. The van der Waals surface area contributed by atoms with Crippen molar-refractivity contribution in [1.82, 2.24) is 9.55 Å². The van der Waals surface area contributed by atoms with Gasteiger partial charge in [-0.2, -0.15) is 0 Å². The molecule has 0 radical (unpaired) electrons. The summed E-state index contributed by atoms with van der Waals surface area (Å²) < 4.78 is 20.0. The lowest BCUT2D eigenvalue weighted by Gasteiger charge is -2.10. The number of hydrogen-bond acceptors (Lipinski definition) is 3. The molecule has 5 nitrogen and oxygen atoms in total. The van der Waals surface area contributed by atoms with E-state index in [-0.39, 0.29) is 11.5 Å². The van der Waals surface area contributed by atoms with Gasteiger partial charge in [0.25, 0.3) is 0 Å². The molecule has 0 aliphatic rings. The average molecular weight is 264 g/mol. The molecule has 0 aliphatic heterocycles. The van der Waals surface area contributed by atoms with Crippen molar-refractivity contribution in [3.05, 3.63) is 47.3 Å². The number of aromatic nitrogens is 2. The highest BCUT2D eigenvalue weighted by Gasteiger charge is 2.12. The van der Waals surface area contributed by atoms with Crippen LogP contribution in [0.2, 0.25) is 0 Å². The first-order chi connectivity index (χ1) is 9.01. The lowest BCUT2D eigenvalue weighted by Crippen LogP contribution is -2.03. The number of hydrogen-bond donors (Lipinski definition) is 1. The van der Waals surface area contributed by atoms with E-state index in [9.17, 15) is 9.18 Å². The molecule has 100 valence electrons. The summed E-state index contributed by atoms with van der Waals surface area (Å²) in [7, 11) is 1.50. The van der Waals surface area contributed by atoms with Gasteiger partial charge in [0.05, 0.1) is 13.7 Å². The van der Waals surface area contributed by atoms with Gasteiger partial charge in [0.2, 0.25) is 0 Å². The molecule has 0 saturated heterocycles. The molecular weight excluding hydrogens is 251 g/mol.